The Kier molecular flexibility index (Phi) is 6.74. The summed E-state index contributed by atoms with van der Waals surface area (Å²) in [4.78, 5) is 0. The maximum absolute atomic E-state index is 11.6. The van der Waals surface area contributed by atoms with Gasteiger partial charge >= 0.3 is 0 Å². The van der Waals surface area contributed by atoms with Gasteiger partial charge in [-0.2, -0.15) is 0 Å². The first kappa shape index (κ1) is 14.2. The van der Waals surface area contributed by atoms with Crippen molar-refractivity contribution >= 4 is 21.6 Å². The first-order valence-corrected chi connectivity index (χ1v) is 7.04. The molecule has 0 unspecified atom stereocenters. The number of nitrogens with zero attached hydrogens (tertiary/aromatic N) is 1. The molecule has 5 heteroatoms. The van der Waals surface area contributed by atoms with E-state index in [9.17, 15) is 8.42 Å². The van der Waals surface area contributed by atoms with E-state index in [-0.39, 0.29) is 5.75 Å². The van der Waals surface area contributed by atoms with E-state index in [1.807, 2.05) is 0 Å². The summed E-state index contributed by atoms with van der Waals surface area (Å²) < 4.78 is 24.6. The lowest BCUT2D eigenvalue weighted by Crippen LogP contribution is -2.30. The van der Waals surface area contributed by atoms with Gasteiger partial charge in [0, 0.05) is 19.5 Å². The fourth-order valence-corrected chi connectivity index (χ4v) is 2.47. The van der Waals surface area contributed by atoms with Crippen LogP contribution in [0.15, 0.2) is 0 Å². The fraction of sp³-hybridized carbons (Fsp3) is 1.00. The lowest BCUT2D eigenvalue weighted by atomic mass is 10.1. The molecule has 0 bridgehead atoms. The Morgan fingerprint density at radius 3 is 2.36 bits per heavy atom. The Hall–Kier alpha value is 0.200. The molecular weight excluding hydrogens is 222 g/mol. The molecule has 0 aliphatic heterocycles. The van der Waals surface area contributed by atoms with Crippen molar-refractivity contribution in [1.29, 1.82) is 0 Å². The van der Waals surface area contributed by atoms with Gasteiger partial charge in [0.1, 0.15) is 0 Å². The Bertz CT molecular complexity index is 239. The molecule has 0 aromatic heterocycles. The van der Waals surface area contributed by atoms with Gasteiger partial charge in [-0.05, 0) is 18.8 Å². The van der Waals surface area contributed by atoms with Crippen LogP contribution >= 0.6 is 11.6 Å². The van der Waals surface area contributed by atoms with Crippen molar-refractivity contribution in [2.75, 3.05) is 25.2 Å². The van der Waals surface area contributed by atoms with Crippen LogP contribution in [0, 0.1) is 5.92 Å². The average Bonchev–Trinajstić information content (AvgIpc) is 2.10. The van der Waals surface area contributed by atoms with Gasteiger partial charge in [0.2, 0.25) is 10.0 Å². The van der Waals surface area contributed by atoms with Gasteiger partial charge in [0.25, 0.3) is 0 Å². The largest absolute Gasteiger partial charge is 0.213 e. The standard InChI is InChI=1S/C9H20ClNO2S/c1-9(2)5-7-11(3)14(12,13)8-4-6-10/h9H,4-8H2,1-3H3. The molecule has 0 saturated heterocycles. The third-order valence-corrected chi connectivity index (χ3v) is 4.24. The van der Waals surface area contributed by atoms with Crippen LogP contribution in [0.4, 0.5) is 0 Å². The van der Waals surface area contributed by atoms with E-state index in [0.29, 0.717) is 24.8 Å². The highest BCUT2D eigenvalue weighted by Crippen LogP contribution is 2.06. The molecule has 0 aliphatic rings. The quantitative estimate of drug-likeness (QED) is 0.639. The minimum absolute atomic E-state index is 0.158. The minimum Gasteiger partial charge on any atom is -0.212 e. The van der Waals surface area contributed by atoms with Crippen molar-refractivity contribution in [1.82, 2.24) is 4.31 Å². The third kappa shape index (κ3) is 5.83. The number of alkyl halides is 1. The zero-order valence-corrected chi connectivity index (χ0v) is 10.7. The maximum Gasteiger partial charge on any atom is 0.213 e. The molecule has 0 fully saturated rings. The van der Waals surface area contributed by atoms with E-state index in [0.717, 1.165) is 6.42 Å². The van der Waals surface area contributed by atoms with Gasteiger partial charge in [-0.15, -0.1) is 11.6 Å². The smallest absolute Gasteiger partial charge is 0.212 e. The van der Waals surface area contributed by atoms with Gasteiger partial charge in [-0.1, -0.05) is 13.8 Å². The van der Waals surface area contributed by atoms with E-state index in [1.165, 1.54) is 4.31 Å². The number of rotatable bonds is 7. The second kappa shape index (κ2) is 6.64. The van der Waals surface area contributed by atoms with Crippen LogP contribution < -0.4 is 0 Å². The molecule has 0 atom stereocenters. The van der Waals surface area contributed by atoms with Crippen LogP contribution in [-0.4, -0.2) is 37.9 Å². The van der Waals surface area contributed by atoms with Crippen molar-refractivity contribution in [3.05, 3.63) is 0 Å². The lowest BCUT2D eigenvalue weighted by Gasteiger charge is -2.17. The van der Waals surface area contributed by atoms with Crippen LogP contribution in [0.25, 0.3) is 0 Å². The van der Waals surface area contributed by atoms with Gasteiger partial charge < -0.3 is 0 Å². The Morgan fingerprint density at radius 1 is 1.36 bits per heavy atom. The predicted octanol–water partition coefficient (Wildman–Crippen LogP) is 1.92. The summed E-state index contributed by atoms with van der Waals surface area (Å²) in [6.07, 6.45) is 1.42. The molecule has 3 nitrogen and oxygen atoms in total. The minimum atomic E-state index is -3.07. The Balaban J connectivity index is 4.01. The molecule has 0 aromatic rings. The van der Waals surface area contributed by atoms with Crippen LogP contribution in [0.1, 0.15) is 26.7 Å². The van der Waals surface area contributed by atoms with Crippen molar-refractivity contribution in [3.63, 3.8) is 0 Å². The summed E-state index contributed by atoms with van der Waals surface area (Å²) >= 11 is 5.46. The highest BCUT2D eigenvalue weighted by atomic mass is 35.5. The molecule has 0 N–H and O–H groups in total. The molecule has 0 radical (unpaired) electrons. The zero-order valence-electron chi connectivity index (χ0n) is 9.16. The molecule has 0 rings (SSSR count). The molecule has 0 amide bonds. The summed E-state index contributed by atoms with van der Waals surface area (Å²) in [5.41, 5.74) is 0. The lowest BCUT2D eigenvalue weighted by molar-refractivity contribution is 0.428. The second-order valence-electron chi connectivity index (χ2n) is 3.86. The third-order valence-electron chi connectivity index (χ3n) is 2.03. The van der Waals surface area contributed by atoms with Crippen molar-refractivity contribution in [2.45, 2.75) is 26.7 Å². The van der Waals surface area contributed by atoms with Crippen LogP contribution in [-0.2, 0) is 10.0 Å². The average molecular weight is 242 g/mol. The first-order valence-electron chi connectivity index (χ1n) is 4.90. The highest BCUT2D eigenvalue weighted by molar-refractivity contribution is 7.89. The maximum atomic E-state index is 11.6. The van der Waals surface area contributed by atoms with E-state index in [1.54, 1.807) is 7.05 Å². The van der Waals surface area contributed by atoms with Crippen LogP contribution in [0.3, 0.4) is 0 Å². The normalized spacial score (nSPS) is 12.7. The molecule has 0 saturated carbocycles. The molecular formula is C9H20ClNO2S. The predicted molar refractivity (Wildman–Crippen MR) is 61.2 cm³/mol. The molecule has 0 spiro atoms. The van der Waals surface area contributed by atoms with Crippen LogP contribution in [0.5, 0.6) is 0 Å². The van der Waals surface area contributed by atoms with Crippen molar-refractivity contribution in [3.8, 4) is 0 Å². The molecule has 0 aliphatic carbocycles. The number of hydrogen-bond acceptors (Lipinski definition) is 2. The Morgan fingerprint density at radius 2 is 1.93 bits per heavy atom. The molecule has 0 heterocycles. The highest BCUT2D eigenvalue weighted by Gasteiger charge is 2.16. The van der Waals surface area contributed by atoms with Crippen LogP contribution in [0.2, 0.25) is 0 Å². The van der Waals surface area contributed by atoms with Crippen molar-refractivity contribution in [2.24, 2.45) is 5.92 Å². The van der Waals surface area contributed by atoms with E-state index < -0.39 is 10.0 Å². The molecule has 86 valence electrons. The van der Waals surface area contributed by atoms with Gasteiger partial charge in [0.05, 0.1) is 5.75 Å². The summed E-state index contributed by atoms with van der Waals surface area (Å²) in [7, 11) is -1.44. The Labute approximate surface area is 92.5 Å². The van der Waals surface area contributed by atoms with Gasteiger partial charge in [-0.3, -0.25) is 0 Å². The topological polar surface area (TPSA) is 37.4 Å². The SMILES string of the molecule is CC(C)CCN(C)S(=O)(=O)CCCCl. The molecule has 14 heavy (non-hydrogen) atoms. The summed E-state index contributed by atoms with van der Waals surface area (Å²) in [6.45, 7) is 4.76. The summed E-state index contributed by atoms with van der Waals surface area (Å²) in [5, 5.41) is 0. The van der Waals surface area contributed by atoms with Gasteiger partial charge in [0.15, 0.2) is 0 Å². The summed E-state index contributed by atoms with van der Waals surface area (Å²) in [5.74, 6) is 1.09. The van der Waals surface area contributed by atoms with Gasteiger partial charge in [-0.25, -0.2) is 12.7 Å². The monoisotopic (exact) mass is 241 g/mol. The van der Waals surface area contributed by atoms with E-state index >= 15 is 0 Å². The number of sulfonamides is 1. The van der Waals surface area contributed by atoms with E-state index in [4.69, 9.17) is 11.6 Å². The van der Waals surface area contributed by atoms with E-state index in [2.05, 4.69) is 13.8 Å². The zero-order chi connectivity index (χ0) is 11.2. The second-order valence-corrected chi connectivity index (χ2v) is 6.44. The number of hydrogen-bond donors (Lipinski definition) is 0. The first-order chi connectivity index (χ1) is 6.40. The molecule has 0 aromatic carbocycles. The summed E-state index contributed by atoms with van der Waals surface area (Å²) in [6, 6.07) is 0. The van der Waals surface area contributed by atoms with Crippen molar-refractivity contribution < 1.29 is 8.42 Å². The number of halogens is 1. The fourth-order valence-electron chi connectivity index (χ4n) is 0.972.